The van der Waals surface area contributed by atoms with Crippen molar-refractivity contribution in [2.75, 3.05) is 11.9 Å². The standard InChI is InChI=1S/C31H29ClFN5O3/c32-26-16-23(8-11-29(26)40-18-20-4-3-5-22(33)14-20)38-31-25-15-21(7-10-27(25)36-19-37-31)28-12-9-24(41-28)17-35-13-2-1-6-30(34)39/h3-5,7-12,14-16,19,35H,1-2,6,13,17-18H2,(H2,34,39)(H,36,37,38). The van der Waals surface area contributed by atoms with E-state index in [1.54, 1.807) is 24.3 Å². The van der Waals surface area contributed by atoms with Crippen molar-refractivity contribution in [1.29, 1.82) is 0 Å². The van der Waals surface area contributed by atoms with Gasteiger partial charge in [-0.2, -0.15) is 0 Å². The number of nitrogens with zero attached hydrogens (tertiary/aromatic N) is 2. The summed E-state index contributed by atoms with van der Waals surface area (Å²) in [5.74, 6) is 2.06. The van der Waals surface area contributed by atoms with Gasteiger partial charge >= 0.3 is 0 Å². The highest BCUT2D eigenvalue weighted by Gasteiger charge is 2.11. The van der Waals surface area contributed by atoms with Crippen molar-refractivity contribution in [3.05, 3.63) is 101 Å². The Morgan fingerprint density at radius 3 is 2.76 bits per heavy atom. The van der Waals surface area contributed by atoms with Crippen molar-refractivity contribution in [3.8, 4) is 17.1 Å². The third kappa shape index (κ3) is 7.59. The molecule has 4 N–H and O–H groups in total. The van der Waals surface area contributed by atoms with Crippen LogP contribution in [0.5, 0.6) is 5.75 Å². The predicted molar refractivity (Wildman–Crippen MR) is 157 cm³/mol. The lowest BCUT2D eigenvalue weighted by molar-refractivity contribution is -0.118. The Balaban J connectivity index is 1.25. The number of aromatic nitrogens is 2. The molecule has 1 amide bonds. The van der Waals surface area contributed by atoms with Crippen molar-refractivity contribution in [2.45, 2.75) is 32.4 Å². The van der Waals surface area contributed by atoms with Crippen LogP contribution in [0.4, 0.5) is 15.9 Å². The largest absolute Gasteiger partial charge is 0.487 e. The highest BCUT2D eigenvalue weighted by atomic mass is 35.5. The number of primary amides is 1. The molecule has 0 aliphatic heterocycles. The number of furan rings is 1. The van der Waals surface area contributed by atoms with Gasteiger partial charge in [0.05, 0.1) is 17.1 Å². The molecule has 0 unspecified atom stereocenters. The Hall–Kier alpha value is -4.47. The molecule has 0 aliphatic carbocycles. The Morgan fingerprint density at radius 1 is 1.02 bits per heavy atom. The van der Waals surface area contributed by atoms with Crippen LogP contribution in [-0.2, 0) is 17.9 Å². The Bertz CT molecular complexity index is 1660. The number of halogens is 2. The van der Waals surface area contributed by atoms with Crippen LogP contribution in [0.2, 0.25) is 5.02 Å². The van der Waals surface area contributed by atoms with E-state index >= 15 is 0 Å². The quantitative estimate of drug-likeness (QED) is 0.133. The average molecular weight is 574 g/mol. The highest BCUT2D eigenvalue weighted by Crippen LogP contribution is 2.32. The highest BCUT2D eigenvalue weighted by molar-refractivity contribution is 6.32. The molecule has 10 heteroatoms. The van der Waals surface area contributed by atoms with Gasteiger partial charge in [0, 0.05) is 23.1 Å². The molecule has 0 spiro atoms. The lowest BCUT2D eigenvalue weighted by Gasteiger charge is -2.12. The van der Waals surface area contributed by atoms with Gasteiger partial charge in [0.1, 0.15) is 41.8 Å². The summed E-state index contributed by atoms with van der Waals surface area (Å²) in [7, 11) is 0. The minimum absolute atomic E-state index is 0.199. The summed E-state index contributed by atoms with van der Waals surface area (Å²) in [6, 6.07) is 21.3. The summed E-state index contributed by atoms with van der Waals surface area (Å²) in [6.45, 7) is 1.56. The van der Waals surface area contributed by atoms with Crippen LogP contribution in [0, 0.1) is 5.82 Å². The summed E-state index contributed by atoms with van der Waals surface area (Å²) in [4.78, 5) is 19.7. The van der Waals surface area contributed by atoms with Gasteiger partial charge in [0.25, 0.3) is 0 Å². The molecule has 2 heterocycles. The molecule has 5 rings (SSSR count). The molecule has 2 aromatic heterocycles. The zero-order valence-corrected chi connectivity index (χ0v) is 23.0. The van der Waals surface area contributed by atoms with E-state index in [9.17, 15) is 9.18 Å². The van der Waals surface area contributed by atoms with Crippen LogP contribution in [0.25, 0.3) is 22.2 Å². The van der Waals surface area contributed by atoms with Crippen LogP contribution in [0.3, 0.4) is 0 Å². The van der Waals surface area contributed by atoms with E-state index in [0.29, 0.717) is 35.1 Å². The van der Waals surface area contributed by atoms with Crippen LogP contribution in [-0.4, -0.2) is 22.4 Å². The average Bonchev–Trinajstić information content (AvgIpc) is 3.43. The number of nitrogens with two attached hydrogens (primary N) is 1. The van der Waals surface area contributed by atoms with Gasteiger partial charge in [-0.05, 0) is 85.6 Å². The first-order valence-electron chi connectivity index (χ1n) is 13.2. The summed E-state index contributed by atoms with van der Waals surface area (Å²) in [6.07, 6.45) is 3.54. The van der Waals surface area contributed by atoms with Gasteiger partial charge in [-0.1, -0.05) is 23.7 Å². The number of carbonyl (C=O) groups is 1. The maximum Gasteiger partial charge on any atom is 0.217 e. The number of benzene rings is 3. The summed E-state index contributed by atoms with van der Waals surface area (Å²) < 4.78 is 25.3. The van der Waals surface area contributed by atoms with E-state index < -0.39 is 0 Å². The van der Waals surface area contributed by atoms with E-state index in [-0.39, 0.29) is 18.3 Å². The first kappa shape index (κ1) is 28.1. The van der Waals surface area contributed by atoms with E-state index in [0.717, 1.165) is 53.1 Å². The van der Waals surface area contributed by atoms with Crippen LogP contribution in [0.15, 0.2) is 83.5 Å². The molecule has 5 aromatic rings. The molecule has 0 fully saturated rings. The number of carbonyl (C=O) groups excluding carboxylic acids is 1. The molecule has 0 bridgehead atoms. The van der Waals surface area contributed by atoms with E-state index in [1.807, 2.05) is 36.4 Å². The van der Waals surface area contributed by atoms with Gasteiger partial charge in [-0.15, -0.1) is 0 Å². The van der Waals surface area contributed by atoms with Gasteiger partial charge in [0.2, 0.25) is 5.91 Å². The molecule has 0 atom stereocenters. The third-order valence-corrected chi connectivity index (χ3v) is 6.68. The van der Waals surface area contributed by atoms with E-state index in [1.165, 1.54) is 18.5 Å². The van der Waals surface area contributed by atoms with Gasteiger partial charge in [0.15, 0.2) is 0 Å². The monoisotopic (exact) mass is 573 g/mol. The minimum atomic E-state index is -0.313. The predicted octanol–water partition coefficient (Wildman–Crippen LogP) is 6.75. The fourth-order valence-corrected chi connectivity index (χ4v) is 4.55. The molecule has 41 heavy (non-hydrogen) atoms. The first-order valence-corrected chi connectivity index (χ1v) is 13.6. The molecular weight excluding hydrogens is 545 g/mol. The maximum atomic E-state index is 13.4. The normalized spacial score (nSPS) is 11.1. The molecule has 0 saturated carbocycles. The van der Waals surface area contributed by atoms with Crippen molar-refractivity contribution in [3.63, 3.8) is 0 Å². The lowest BCUT2D eigenvalue weighted by atomic mass is 10.1. The minimum Gasteiger partial charge on any atom is -0.487 e. The number of unbranched alkanes of at least 4 members (excludes halogenated alkanes) is 1. The number of nitrogens with one attached hydrogen (secondary N) is 2. The Morgan fingerprint density at radius 2 is 1.93 bits per heavy atom. The fourth-order valence-electron chi connectivity index (χ4n) is 4.32. The SMILES string of the molecule is NC(=O)CCCCNCc1ccc(-c2ccc3ncnc(Nc4ccc(OCc5cccc(F)c5)c(Cl)c4)c3c2)o1. The molecule has 3 aromatic carbocycles. The zero-order valence-electron chi connectivity index (χ0n) is 22.2. The number of hydrogen-bond donors (Lipinski definition) is 3. The number of amides is 1. The number of rotatable bonds is 13. The number of hydrogen-bond acceptors (Lipinski definition) is 7. The summed E-state index contributed by atoms with van der Waals surface area (Å²) in [5.41, 5.74) is 8.28. The topological polar surface area (TPSA) is 115 Å². The molecule has 0 radical (unpaired) electrons. The number of fused-ring (bicyclic) bond motifs is 1. The zero-order chi connectivity index (χ0) is 28.6. The lowest BCUT2D eigenvalue weighted by Crippen LogP contribution is -2.15. The second-order valence-electron chi connectivity index (χ2n) is 9.51. The van der Waals surface area contributed by atoms with Crippen LogP contribution >= 0.6 is 11.6 Å². The molecular formula is C31H29ClFN5O3. The van der Waals surface area contributed by atoms with Crippen molar-refractivity contribution in [2.24, 2.45) is 5.73 Å². The van der Waals surface area contributed by atoms with Crippen molar-refractivity contribution < 1.29 is 18.3 Å². The second-order valence-corrected chi connectivity index (χ2v) is 9.92. The summed E-state index contributed by atoms with van der Waals surface area (Å²) in [5, 5.41) is 7.87. The van der Waals surface area contributed by atoms with Crippen LogP contribution in [0.1, 0.15) is 30.6 Å². The second kappa shape index (κ2) is 13.3. The van der Waals surface area contributed by atoms with E-state index in [2.05, 4.69) is 20.6 Å². The van der Waals surface area contributed by atoms with Gasteiger partial charge in [-0.25, -0.2) is 14.4 Å². The molecule has 210 valence electrons. The van der Waals surface area contributed by atoms with Gasteiger partial charge < -0.3 is 25.5 Å². The third-order valence-electron chi connectivity index (χ3n) is 6.39. The van der Waals surface area contributed by atoms with E-state index in [4.69, 9.17) is 26.5 Å². The maximum absolute atomic E-state index is 13.4. The summed E-state index contributed by atoms with van der Waals surface area (Å²) >= 11 is 6.48. The van der Waals surface area contributed by atoms with Crippen molar-refractivity contribution >= 4 is 39.9 Å². The molecule has 0 aliphatic rings. The molecule has 8 nitrogen and oxygen atoms in total. The van der Waals surface area contributed by atoms with Gasteiger partial charge in [-0.3, -0.25) is 4.79 Å². The smallest absolute Gasteiger partial charge is 0.217 e. The molecule has 0 saturated heterocycles. The van der Waals surface area contributed by atoms with Crippen molar-refractivity contribution in [1.82, 2.24) is 15.3 Å². The Labute approximate surface area is 241 Å². The first-order chi connectivity index (χ1) is 19.9. The van der Waals surface area contributed by atoms with Crippen LogP contribution < -0.4 is 21.1 Å². The fraction of sp³-hybridized carbons (Fsp3) is 0.194. The number of anilines is 2. The Kier molecular flexibility index (Phi) is 9.08. The number of ether oxygens (including phenoxy) is 1.